The van der Waals surface area contributed by atoms with Crippen LogP contribution in [-0.4, -0.2) is 40.1 Å². The molecule has 3 N–H and O–H groups in total. The molecule has 0 bridgehead atoms. The minimum absolute atomic E-state index is 0.0117. The van der Waals surface area contributed by atoms with Gasteiger partial charge >= 0.3 is 5.97 Å². The summed E-state index contributed by atoms with van der Waals surface area (Å²) < 4.78 is 18.8. The number of carboxylic acids is 1. The van der Waals surface area contributed by atoms with Crippen LogP contribution in [0.2, 0.25) is 0 Å². The summed E-state index contributed by atoms with van der Waals surface area (Å²) in [5, 5.41) is 29.1. The highest BCUT2D eigenvalue weighted by Gasteiger charge is 2.40. The van der Waals surface area contributed by atoms with Crippen LogP contribution in [0, 0.1) is 29.7 Å². The second kappa shape index (κ2) is 11.7. The minimum atomic E-state index is -0.771. The maximum Gasteiger partial charge on any atom is 0.303 e. The van der Waals surface area contributed by atoms with E-state index in [1.165, 1.54) is 6.07 Å². The molecule has 0 aromatic heterocycles. The summed E-state index contributed by atoms with van der Waals surface area (Å²) >= 11 is 0. The van der Waals surface area contributed by atoms with Crippen molar-refractivity contribution in [2.75, 3.05) is 6.61 Å². The Morgan fingerprint density at radius 3 is 2.46 bits per heavy atom. The fraction of sp³-hybridized carbons (Fsp3) is 0.591. The highest BCUT2D eigenvalue weighted by Crippen LogP contribution is 2.38. The van der Waals surface area contributed by atoms with Crippen LogP contribution in [0.1, 0.15) is 56.9 Å². The van der Waals surface area contributed by atoms with Gasteiger partial charge in [0.25, 0.3) is 0 Å². The van der Waals surface area contributed by atoms with Crippen molar-refractivity contribution < 1.29 is 29.2 Å². The first-order valence-electron chi connectivity index (χ1n) is 9.94. The summed E-state index contributed by atoms with van der Waals surface area (Å²) in [6.07, 6.45) is 6.71. The third kappa shape index (κ3) is 7.14. The molecule has 0 radical (unpaired) electrons. The van der Waals surface area contributed by atoms with Crippen LogP contribution >= 0.6 is 0 Å². The predicted octanol–water partition coefficient (Wildman–Crippen LogP) is 3.32. The van der Waals surface area contributed by atoms with E-state index < -0.39 is 24.0 Å². The molecular formula is C22H29FO5. The van der Waals surface area contributed by atoms with Crippen molar-refractivity contribution in [1.82, 2.24) is 0 Å². The zero-order chi connectivity index (χ0) is 20.4. The molecule has 1 aromatic carbocycles. The largest absolute Gasteiger partial charge is 0.481 e. The van der Waals surface area contributed by atoms with E-state index in [1.54, 1.807) is 18.2 Å². The number of halogens is 1. The third-order valence-corrected chi connectivity index (χ3v) is 5.38. The molecule has 1 aliphatic rings. The topological polar surface area (TPSA) is 87.0 Å². The van der Waals surface area contributed by atoms with Gasteiger partial charge in [-0.25, -0.2) is 4.39 Å². The first-order valence-corrected chi connectivity index (χ1v) is 9.94. The Morgan fingerprint density at radius 1 is 1.07 bits per heavy atom. The van der Waals surface area contributed by atoms with E-state index in [-0.39, 0.29) is 23.8 Å². The Balaban J connectivity index is 1.72. The first-order chi connectivity index (χ1) is 13.5. The van der Waals surface area contributed by atoms with Crippen molar-refractivity contribution in [1.29, 1.82) is 0 Å². The van der Waals surface area contributed by atoms with Crippen molar-refractivity contribution in [3.63, 3.8) is 0 Å². The van der Waals surface area contributed by atoms with Gasteiger partial charge in [-0.3, -0.25) is 4.79 Å². The highest BCUT2D eigenvalue weighted by molar-refractivity contribution is 5.66. The van der Waals surface area contributed by atoms with E-state index >= 15 is 0 Å². The van der Waals surface area contributed by atoms with E-state index in [0.717, 1.165) is 25.7 Å². The molecule has 6 heteroatoms. The van der Waals surface area contributed by atoms with Crippen molar-refractivity contribution in [2.24, 2.45) is 11.8 Å². The Labute approximate surface area is 165 Å². The lowest BCUT2D eigenvalue weighted by Crippen LogP contribution is -2.23. The van der Waals surface area contributed by atoms with Gasteiger partial charge in [-0.05, 0) is 55.6 Å². The van der Waals surface area contributed by atoms with E-state index in [9.17, 15) is 19.4 Å². The second-order valence-electron chi connectivity index (χ2n) is 7.39. The number of rotatable bonds is 10. The standard InChI is InChI=1S/C22H29FO5/c23-19-9-6-5-7-16(19)11-13-28-14-12-18-17(20(24)15-21(18)25)8-3-1-2-4-10-22(26)27/h5-7,9,17-18,20-21,24-25H,1-4,8,10,12,14-15H2,(H,26,27)/t17-,18?,20+,21-/m1/s1. The van der Waals surface area contributed by atoms with Gasteiger partial charge < -0.3 is 20.1 Å². The molecule has 0 amide bonds. The molecule has 1 aliphatic carbocycles. The van der Waals surface area contributed by atoms with Crippen molar-refractivity contribution in [2.45, 2.75) is 63.6 Å². The summed E-state index contributed by atoms with van der Waals surface area (Å²) in [6.45, 7) is 0.311. The van der Waals surface area contributed by atoms with E-state index in [4.69, 9.17) is 9.84 Å². The number of benzene rings is 1. The number of aliphatic hydroxyl groups excluding tert-OH is 2. The SMILES string of the molecule is O=C(O)CCCCCC[C@@H]1C(CCOC#Cc2ccccc2F)[C@H](O)C[C@@H]1O. The zero-order valence-corrected chi connectivity index (χ0v) is 16.0. The molecule has 2 rings (SSSR count). The van der Waals surface area contributed by atoms with Gasteiger partial charge in [0, 0.05) is 6.42 Å². The summed E-state index contributed by atoms with van der Waals surface area (Å²) in [5.74, 6) is 1.43. The van der Waals surface area contributed by atoms with Gasteiger partial charge in [0.15, 0.2) is 0 Å². The lowest BCUT2D eigenvalue weighted by molar-refractivity contribution is -0.137. The Bertz CT molecular complexity index is 681. The summed E-state index contributed by atoms with van der Waals surface area (Å²) in [7, 11) is 0. The minimum Gasteiger partial charge on any atom is -0.481 e. The normalized spacial score (nSPS) is 23.8. The maximum absolute atomic E-state index is 13.5. The summed E-state index contributed by atoms with van der Waals surface area (Å²) in [5.41, 5.74) is 0.277. The number of aliphatic carboxylic acids is 1. The molecule has 0 spiro atoms. The molecule has 0 aliphatic heterocycles. The van der Waals surface area contributed by atoms with E-state index in [0.29, 0.717) is 25.9 Å². The Morgan fingerprint density at radius 2 is 1.75 bits per heavy atom. The summed E-state index contributed by atoms with van der Waals surface area (Å²) in [6, 6.07) is 6.22. The smallest absolute Gasteiger partial charge is 0.303 e. The van der Waals surface area contributed by atoms with Gasteiger partial charge in [-0.2, -0.15) is 0 Å². The number of hydrogen-bond acceptors (Lipinski definition) is 4. The zero-order valence-electron chi connectivity index (χ0n) is 16.0. The van der Waals surface area contributed by atoms with Gasteiger partial charge in [-0.1, -0.05) is 31.4 Å². The lowest BCUT2D eigenvalue weighted by atomic mass is 9.86. The molecule has 28 heavy (non-hydrogen) atoms. The van der Waals surface area contributed by atoms with Gasteiger partial charge in [0.2, 0.25) is 0 Å². The van der Waals surface area contributed by atoms with Crippen LogP contribution in [0.4, 0.5) is 4.39 Å². The number of hydrogen-bond donors (Lipinski definition) is 3. The van der Waals surface area contributed by atoms with Crippen LogP contribution in [0.3, 0.4) is 0 Å². The highest BCUT2D eigenvalue weighted by atomic mass is 19.1. The summed E-state index contributed by atoms with van der Waals surface area (Å²) in [4.78, 5) is 10.5. The van der Waals surface area contributed by atoms with Crippen LogP contribution in [-0.2, 0) is 9.53 Å². The molecule has 154 valence electrons. The second-order valence-corrected chi connectivity index (χ2v) is 7.39. The molecule has 5 nitrogen and oxygen atoms in total. The molecule has 1 fully saturated rings. The van der Waals surface area contributed by atoms with Gasteiger partial charge in [0.1, 0.15) is 18.5 Å². The van der Waals surface area contributed by atoms with Crippen LogP contribution in [0.25, 0.3) is 0 Å². The van der Waals surface area contributed by atoms with Crippen LogP contribution in [0.5, 0.6) is 0 Å². The number of carboxylic acid groups (broad SMARTS) is 1. The number of aliphatic hydroxyl groups is 2. The fourth-order valence-electron chi connectivity index (χ4n) is 3.89. The van der Waals surface area contributed by atoms with Gasteiger partial charge in [0.05, 0.1) is 17.8 Å². The average molecular weight is 392 g/mol. The molecule has 4 atom stereocenters. The maximum atomic E-state index is 13.5. The number of carbonyl (C=O) groups is 1. The van der Waals surface area contributed by atoms with E-state index in [1.807, 2.05) is 0 Å². The monoisotopic (exact) mass is 392 g/mol. The predicted molar refractivity (Wildman–Crippen MR) is 103 cm³/mol. The van der Waals surface area contributed by atoms with Gasteiger partial charge in [-0.15, -0.1) is 0 Å². The molecule has 1 unspecified atom stereocenters. The molecule has 1 saturated carbocycles. The Kier molecular flexibility index (Phi) is 9.26. The van der Waals surface area contributed by atoms with Crippen LogP contribution < -0.4 is 0 Å². The quantitative estimate of drug-likeness (QED) is 0.420. The van der Waals surface area contributed by atoms with Crippen molar-refractivity contribution in [3.8, 4) is 12.0 Å². The van der Waals surface area contributed by atoms with Crippen molar-refractivity contribution in [3.05, 3.63) is 35.6 Å². The Hall–Kier alpha value is -2.10. The number of ether oxygens (including phenoxy) is 1. The third-order valence-electron chi connectivity index (χ3n) is 5.38. The lowest BCUT2D eigenvalue weighted by Gasteiger charge is -2.23. The molecule has 0 heterocycles. The van der Waals surface area contributed by atoms with Crippen LogP contribution in [0.15, 0.2) is 24.3 Å². The average Bonchev–Trinajstić information content (AvgIpc) is 2.92. The van der Waals surface area contributed by atoms with Crippen molar-refractivity contribution >= 4 is 5.97 Å². The fourth-order valence-corrected chi connectivity index (χ4v) is 3.89. The molecule has 0 saturated heterocycles. The molecular weight excluding hydrogens is 363 g/mol. The molecule has 1 aromatic rings. The van der Waals surface area contributed by atoms with E-state index in [2.05, 4.69) is 12.0 Å². The first kappa shape index (κ1) is 22.2. The number of unbranched alkanes of at least 4 members (excludes halogenated alkanes) is 3.